The monoisotopic (exact) mass is 339 g/mol. The van der Waals surface area contributed by atoms with Crippen molar-refractivity contribution in [3.05, 3.63) is 34.4 Å². The number of aromatic nitrogens is 1. The molecule has 0 aliphatic carbocycles. The molecule has 0 aliphatic rings. The van der Waals surface area contributed by atoms with Crippen molar-refractivity contribution >= 4 is 38.8 Å². The van der Waals surface area contributed by atoms with Crippen molar-refractivity contribution < 1.29 is 14.3 Å². The van der Waals surface area contributed by atoms with Crippen molar-refractivity contribution in [3.63, 3.8) is 0 Å². The predicted octanol–water partition coefficient (Wildman–Crippen LogP) is 2.33. The van der Waals surface area contributed by atoms with E-state index < -0.39 is 12.0 Å². The van der Waals surface area contributed by atoms with Gasteiger partial charge in [-0.25, -0.2) is 10.2 Å². The van der Waals surface area contributed by atoms with E-state index in [0.29, 0.717) is 10.2 Å². The minimum atomic E-state index is -0.698. The molecule has 1 heterocycles. The number of nitrogens with zero attached hydrogens (tertiary/aromatic N) is 1. The number of para-hydroxylation sites is 1. The average Bonchev–Trinajstić information content (AvgIpc) is 2.69. The van der Waals surface area contributed by atoms with Gasteiger partial charge in [-0.05, 0) is 28.9 Å². The Morgan fingerprint density at radius 2 is 2.00 bits per heavy atom. The number of aryl methyl sites for hydroxylation is 1. The van der Waals surface area contributed by atoms with E-state index in [-0.39, 0.29) is 6.61 Å². The molecule has 0 bridgehead atoms. The molecule has 0 aliphatic heterocycles. The molecule has 1 aromatic carbocycles. The fraction of sp³-hybridized carbons (Fsp3) is 0.231. The summed E-state index contributed by atoms with van der Waals surface area (Å²) in [7, 11) is 1.78. The summed E-state index contributed by atoms with van der Waals surface area (Å²) in [5.74, 6) is -0.427. The molecule has 106 valence electrons. The van der Waals surface area contributed by atoms with Crippen LogP contribution in [0.3, 0.4) is 0 Å². The lowest BCUT2D eigenvalue weighted by Gasteiger charge is -2.08. The van der Waals surface area contributed by atoms with Crippen molar-refractivity contribution in [1.82, 2.24) is 15.4 Å². The van der Waals surface area contributed by atoms with Crippen molar-refractivity contribution in [3.8, 4) is 0 Å². The molecular formula is C13H14BrN3O3. The number of hydrogen-bond acceptors (Lipinski definition) is 3. The van der Waals surface area contributed by atoms with Gasteiger partial charge in [0.25, 0.3) is 5.91 Å². The van der Waals surface area contributed by atoms with Crippen molar-refractivity contribution in [2.75, 3.05) is 6.61 Å². The molecule has 1 aromatic heterocycles. The standard InChI is InChI=1S/C13H14BrN3O3/c1-3-20-13(19)16-15-12(18)11-10(14)8-6-4-5-7-9(8)17(11)2/h4-7H,3H2,1-2H3,(H,15,18)(H,16,19). The van der Waals surface area contributed by atoms with Gasteiger partial charge in [0.05, 0.1) is 11.1 Å². The lowest BCUT2D eigenvalue weighted by Crippen LogP contribution is -2.42. The highest BCUT2D eigenvalue weighted by Crippen LogP contribution is 2.29. The number of ether oxygens (including phenoxy) is 1. The van der Waals surface area contributed by atoms with Crippen LogP contribution in [-0.2, 0) is 11.8 Å². The third-order valence-corrected chi connectivity index (χ3v) is 3.62. The lowest BCUT2D eigenvalue weighted by atomic mass is 10.2. The number of carbonyl (C=O) groups is 2. The van der Waals surface area contributed by atoms with Gasteiger partial charge >= 0.3 is 6.09 Å². The highest BCUT2D eigenvalue weighted by Gasteiger charge is 2.19. The van der Waals surface area contributed by atoms with E-state index >= 15 is 0 Å². The first-order valence-corrected chi connectivity index (χ1v) is 6.81. The van der Waals surface area contributed by atoms with E-state index in [1.54, 1.807) is 18.5 Å². The number of hydrogen-bond donors (Lipinski definition) is 2. The van der Waals surface area contributed by atoms with E-state index in [1.165, 1.54) is 0 Å². The van der Waals surface area contributed by atoms with Crippen LogP contribution >= 0.6 is 15.9 Å². The fourth-order valence-corrected chi connectivity index (χ4v) is 2.71. The van der Waals surface area contributed by atoms with Crippen LogP contribution in [0, 0.1) is 0 Å². The van der Waals surface area contributed by atoms with Crippen LogP contribution < -0.4 is 10.9 Å². The average molecular weight is 340 g/mol. The third kappa shape index (κ3) is 2.62. The van der Waals surface area contributed by atoms with E-state index in [4.69, 9.17) is 0 Å². The van der Waals surface area contributed by atoms with E-state index in [1.807, 2.05) is 24.3 Å². The predicted molar refractivity (Wildman–Crippen MR) is 78.2 cm³/mol. The van der Waals surface area contributed by atoms with Gasteiger partial charge in [0, 0.05) is 18.0 Å². The Hall–Kier alpha value is -2.02. The Labute approximate surface area is 124 Å². The van der Waals surface area contributed by atoms with Gasteiger partial charge in [0.1, 0.15) is 5.69 Å². The molecular weight excluding hydrogens is 326 g/mol. The molecule has 0 atom stereocenters. The molecule has 2 aromatic rings. The van der Waals surface area contributed by atoms with Crippen LogP contribution in [0.15, 0.2) is 28.7 Å². The summed E-state index contributed by atoms with van der Waals surface area (Å²) < 4.78 is 7.10. The SMILES string of the molecule is CCOC(=O)NNC(=O)c1c(Br)c2ccccc2n1C. The number of amides is 2. The second kappa shape index (κ2) is 5.96. The summed E-state index contributed by atoms with van der Waals surface area (Å²) >= 11 is 3.42. The van der Waals surface area contributed by atoms with Crippen LogP contribution in [-0.4, -0.2) is 23.2 Å². The van der Waals surface area contributed by atoms with Gasteiger partial charge in [0.2, 0.25) is 0 Å². The van der Waals surface area contributed by atoms with Crippen LogP contribution in [0.5, 0.6) is 0 Å². The summed E-state index contributed by atoms with van der Waals surface area (Å²) in [5, 5.41) is 0.927. The number of hydrazine groups is 1. The van der Waals surface area contributed by atoms with Gasteiger partial charge in [-0.15, -0.1) is 0 Å². The molecule has 0 saturated carbocycles. The summed E-state index contributed by atoms with van der Waals surface area (Å²) in [6.45, 7) is 1.92. The Balaban J connectivity index is 2.24. The van der Waals surface area contributed by atoms with Gasteiger partial charge in [0.15, 0.2) is 0 Å². The molecule has 0 saturated heterocycles. The molecule has 0 spiro atoms. The first kappa shape index (κ1) is 14.4. The van der Waals surface area contributed by atoms with Crippen molar-refractivity contribution in [1.29, 1.82) is 0 Å². The molecule has 6 nitrogen and oxygen atoms in total. The fourth-order valence-electron chi connectivity index (χ4n) is 1.93. The van der Waals surface area contributed by atoms with Crippen molar-refractivity contribution in [2.45, 2.75) is 6.92 Å². The van der Waals surface area contributed by atoms with Crippen LogP contribution in [0.4, 0.5) is 4.79 Å². The Bertz CT molecular complexity index is 627. The zero-order valence-electron chi connectivity index (χ0n) is 11.1. The Morgan fingerprint density at radius 3 is 2.65 bits per heavy atom. The van der Waals surface area contributed by atoms with Crippen LogP contribution in [0.1, 0.15) is 17.4 Å². The number of nitrogens with one attached hydrogen (secondary N) is 2. The molecule has 20 heavy (non-hydrogen) atoms. The summed E-state index contributed by atoms with van der Waals surface area (Å²) in [5.41, 5.74) is 5.83. The number of fused-ring (bicyclic) bond motifs is 1. The van der Waals surface area contributed by atoms with Crippen LogP contribution in [0.2, 0.25) is 0 Å². The zero-order chi connectivity index (χ0) is 14.7. The van der Waals surface area contributed by atoms with Gasteiger partial charge in [-0.2, -0.15) is 0 Å². The first-order chi connectivity index (χ1) is 9.56. The summed E-state index contributed by atoms with van der Waals surface area (Å²) in [4.78, 5) is 23.3. The highest BCUT2D eigenvalue weighted by atomic mass is 79.9. The maximum atomic E-state index is 12.1. The van der Waals surface area contributed by atoms with E-state index in [0.717, 1.165) is 10.9 Å². The van der Waals surface area contributed by atoms with E-state index in [2.05, 4.69) is 31.5 Å². The van der Waals surface area contributed by atoms with Crippen molar-refractivity contribution in [2.24, 2.45) is 7.05 Å². The molecule has 2 rings (SSSR count). The first-order valence-electron chi connectivity index (χ1n) is 6.02. The summed E-state index contributed by atoms with van der Waals surface area (Å²) in [6.07, 6.45) is -0.698. The largest absolute Gasteiger partial charge is 0.449 e. The minimum Gasteiger partial charge on any atom is -0.449 e. The molecule has 0 fully saturated rings. The molecule has 2 N–H and O–H groups in total. The molecule has 0 radical (unpaired) electrons. The number of halogens is 1. The smallest absolute Gasteiger partial charge is 0.426 e. The zero-order valence-corrected chi connectivity index (χ0v) is 12.7. The van der Waals surface area contributed by atoms with E-state index in [9.17, 15) is 9.59 Å². The highest BCUT2D eigenvalue weighted by molar-refractivity contribution is 9.10. The summed E-state index contributed by atoms with van der Waals surface area (Å²) in [6, 6.07) is 7.61. The lowest BCUT2D eigenvalue weighted by molar-refractivity contribution is 0.0904. The normalized spacial score (nSPS) is 10.3. The maximum Gasteiger partial charge on any atom is 0.426 e. The number of benzene rings is 1. The minimum absolute atomic E-state index is 0.236. The molecule has 0 unspecified atom stereocenters. The second-order valence-electron chi connectivity index (χ2n) is 4.04. The molecule has 2 amide bonds. The van der Waals surface area contributed by atoms with Gasteiger partial charge in [-0.1, -0.05) is 18.2 Å². The Kier molecular flexibility index (Phi) is 4.29. The third-order valence-electron chi connectivity index (χ3n) is 2.81. The van der Waals surface area contributed by atoms with Gasteiger partial charge < -0.3 is 9.30 Å². The Morgan fingerprint density at radius 1 is 1.30 bits per heavy atom. The number of rotatable bonds is 2. The topological polar surface area (TPSA) is 72.4 Å². The maximum absolute atomic E-state index is 12.1. The molecule has 7 heteroatoms. The second-order valence-corrected chi connectivity index (χ2v) is 4.83. The number of carbonyl (C=O) groups excluding carboxylic acids is 2. The van der Waals surface area contributed by atoms with Crippen LogP contribution in [0.25, 0.3) is 10.9 Å². The quantitative estimate of drug-likeness (QED) is 0.825. The van der Waals surface area contributed by atoms with Gasteiger partial charge in [-0.3, -0.25) is 10.2 Å².